The second-order valence-corrected chi connectivity index (χ2v) is 8.94. The number of sulfonamides is 1. The van der Waals surface area contributed by atoms with Crippen LogP contribution >= 0.6 is 12.4 Å². The van der Waals surface area contributed by atoms with E-state index in [9.17, 15) is 13.2 Å². The van der Waals surface area contributed by atoms with Gasteiger partial charge in [0.25, 0.3) is 5.91 Å². The molecule has 2 saturated heterocycles. The molecule has 9 heteroatoms. The normalized spacial score (nSPS) is 17.7. The van der Waals surface area contributed by atoms with Gasteiger partial charge in [0, 0.05) is 58.0 Å². The van der Waals surface area contributed by atoms with Gasteiger partial charge in [-0.25, -0.2) is 8.42 Å². The van der Waals surface area contributed by atoms with Gasteiger partial charge in [0.05, 0.1) is 10.5 Å². The number of amides is 1. The summed E-state index contributed by atoms with van der Waals surface area (Å²) >= 11 is 0. The first-order valence-corrected chi connectivity index (χ1v) is 11.3. The molecule has 0 aliphatic carbocycles. The topological polar surface area (TPSA) is 73.0 Å². The van der Waals surface area contributed by atoms with Crippen LogP contribution in [-0.4, -0.2) is 75.9 Å². The Morgan fingerprint density at radius 2 is 1.68 bits per heavy atom. The van der Waals surface area contributed by atoms with Gasteiger partial charge in [-0.2, -0.15) is 4.31 Å². The zero-order chi connectivity index (χ0) is 19.4. The molecule has 1 aromatic rings. The van der Waals surface area contributed by atoms with Crippen LogP contribution in [0.2, 0.25) is 0 Å². The molecule has 1 aromatic carbocycles. The number of nitrogens with zero attached hydrogens (tertiary/aromatic N) is 3. The minimum atomic E-state index is -3.60. The van der Waals surface area contributed by atoms with Gasteiger partial charge in [-0.3, -0.25) is 4.79 Å². The average molecular weight is 431 g/mol. The molecular formula is C19H31ClN4O3S. The van der Waals surface area contributed by atoms with E-state index in [4.69, 9.17) is 0 Å². The highest BCUT2D eigenvalue weighted by molar-refractivity contribution is 7.89. The minimum absolute atomic E-state index is 0. The molecule has 28 heavy (non-hydrogen) atoms. The van der Waals surface area contributed by atoms with Crippen LogP contribution in [0.15, 0.2) is 23.1 Å². The predicted octanol–water partition coefficient (Wildman–Crippen LogP) is 1.78. The van der Waals surface area contributed by atoms with E-state index in [1.807, 2.05) is 24.8 Å². The summed E-state index contributed by atoms with van der Waals surface area (Å²) in [6, 6.07) is 5.05. The number of nitrogens with one attached hydrogen (secondary N) is 1. The number of halogens is 1. The van der Waals surface area contributed by atoms with Crippen LogP contribution in [0.25, 0.3) is 0 Å². The molecule has 2 aliphatic heterocycles. The fraction of sp³-hybridized carbons (Fsp3) is 0.632. The van der Waals surface area contributed by atoms with Gasteiger partial charge in [0.1, 0.15) is 0 Å². The van der Waals surface area contributed by atoms with Crippen LogP contribution in [0.4, 0.5) is 5.69 Å². The highest BCUT2D eigenvalue weighted by Crippen LogP contribution is 2.29. The third-order valence-corrected chi connectivity index (χ3v) is 7.44. The molecule has 2 fully saturated rings. The van der Waals surface area contributed by atoms with Crippen LogP contribution in [0.1, 0.15) is 37.0 Å². The fourth-order valence-electron chi connectivity index (χ4n) is 3.83. The molecule has 0 bridgehead atoms. The summed E-state index contributed by atoms with van der Waals surface area (Å²) in [5, 5.41) is 3.25. The van der Waals surface area contributed by atoms with Crippen molar-refractivity contribution in [2.45, 2.75) is 31.6 Å². The molecule has 1 amide bonds. The maximum Gasteiger partial charge on any atom is 0.256 e. The summed E-state index contributed by atoms with van der Waals surface area (Å²) in [5.74, 6) is -0.0741. The Labute approximate surface area is 174 Å². The van der Waals surface area contributed by atoms with Crippen molar-refractivity contribution in [2.24, 2.45) is 0 Å². The minimum Gasteiger partial charge on any atom is -0.371 e. The Hall–Kier alpha value is -1.35. The Kier molecular flexibility index (Phi) is 8.12. The van der Waals surface area contributed by atoms with Crippen LogP contribution in [-0.2, 0) is 10.0 Å². The maximum absolute atomic E-state index is 13.2. The van der Waals surface area contributed by atoms with E-state index in [-0.39, 0.29) is 23.2 Å². The van der Waals surface area contributed by atoms with E-state index >= 15 is 0 Å². The number of hydrogen-bond acceptors (Lipinski definition) is 5. The van der Waals surface area contributed by atoms with Crippen LogP contribution in [0.5, 0.6) is 0 Å². The zero-order valence-electron chi connectivity index (χ0n) is 16.7. The van der Waals surface area contributed by atoms with Crippen LogP contribution in [0.3, 0.4) is 0 Å². The Balaban J connectivity index is 0.00000280. The quantitative estimate of drug-likeness (QED) is 0.744. The van der Waals surface area contributed by atoms with Crippen molar-refractivity contribution in [1.29, 1.82) is 0 Å². The Morgan fingerprint density at radius 3 is 2.25 bits per heavy atom. The molecular weight excluding hydrogens is 400 g/mol. The summed E-state index contributed by atoms with van der Waals surface area (Å²) in [5.41, 5.74) is 1.36. The number of hydrogen-bond donors (Lipinski definition) is 1. The Morgan fingerprint density at radius 1 is 1.07 bits per heavy atom. The molecule has 158 valence electrons. The van der Waals surface area contributed by atoms with Gasteiger partial charge >= 0.3 is 0 Å². The molecule has 0 spiro atoms. The molecule has 2 heterocycles. The Bertz CT molecular complexity index is 771. The van der Waals surface area contributed by atoms with E-state index in [0.29, 0.717) is 31.7 Å². The third-order valence-electron chi connectivity index (χ3n) is 5.39. The van der Waals surface area contributed by atoms with Crippen LogP contribution < -0.4 is 10.2 Å². The van der Waals surface area contributed by atoms with E-state index in [1.165, 1.54) is 4.31 Å². The lowest BCUT2D eigenvalue weighted by atomic mass is 10.1. The van der Waals surface area contributed by atoms with Crippen molar-refractivity contribution < 1.29 is 13.2 Å². The van der Waals surface area contributed by atoms with E-state index < -0.39 is 10.0 Å². The molecule has 7 nitrogen and oxygen atoms in total. The predicted molar refractivity (Wildman–Crippen MR) is 114 cm³/mol. The second kappa shape index (κ2) is 9.91. The van der Waals surface area contributed by atoms with Gasteiger partial charge in [-0.15, -0.1) is 12.4 Å². The summed E-state index contributed by atoms with van der Waals surface area (Å²) in [7, 11) is -3.60. The third kappa shape index (κ3) is 4.62. The summed E-state index contributed by atoms with van der Waals surface area (Å²) in [4.78, 5) is 17.4. The largest absolute Gasteiger partial charge is 0.371 e. The summed E-state index contributed by atoms with van der Waals surface area (Å²) in [6.07, 6.45) is 2.20. The number of rotatable bonds is 6. The van der Waals surface area contributed by atoms with Crippen molar-refractivity contribution in [3.05, 3.63) is 23.8 Å². The van der Waals surface area contributed by atoms with E-state index in [0.717, 1.165) is 44.7 Å². The standard InChI is InChI=1S/C19H30N4O3S.ClH/c1-3-23(4-2)27(25,26)16-7-8-18(21-11-5-6-12-21)17(15-16)19(24)22-13-9-20-10-14-22;/h7-8,15,20H,3-6,9-14H2,1-2H3;1H. The van der Waals surface area contributed by atoms with Gasteiger partial charge in [-0.1, -0.05) is 13.8 Å². The molecule has 0 aromatic heterocycles. The molecule has 2 aliphatic rings. The monoisotopic (exact) mass is 430 g/mol. The first kappa shape index (κ1) is 22.9. The number of benzene rings is 1. The molecule has 3 rings (SSSR count). The number of carbonyl (C=O) groups excluding carboxylic acids is 1. The maximum atomic E-state index is 13.2. The van der Waals surface area contributed by atoms with E-state index in [2.05, 4.69) is 10.2 Å². The highest BCUT2D eigenvalue weighted by atomic mass is 35.5. The SMILES string of the molecule is CCN(CC)S(=O)(=O)c1ccc(N2CCCC2)c(C(=O)N2CCNCC2)c1.Cl. The molecule has 0 unspecified atom stereocenters. The first-order valence-electron chi connectivity index (χ1n) is 9.88. The molecule has 0 atom stereocenters. The molecule has 0 radical (unpaired) electrons. The van der Waals surface area contributed by atoms with Crippen molar-refractivity contribution in [1.82, 2.24) is 14.5 Å². The first-order chi connectivity index (χ1) is 13.0. The van der Waals surface area contributed by atoms with Crippen molar-refractivity contribution in [2.75, 3.05) is 57.3 Å². The lowest BCUT2D eigenvalue weighted by Crippen LogP contribution is -2.46. The average Bonchev–Trinajstić information content (AvgIpc) is 3.23. The van der Waals surface area contributed by atoms with Gasteiger partial charge in [-0.05, 0) is 31.0 Å². The van der Waals surface area contributed by atoms with Crippen molar-refractivity contribution in [3.63, 3.8) is 0 Å². The number of carbonyl (C=O) groups is 1. The lowest BCUT2D eigenvalue weighted by Gasteiger charge is -2.30. The fourth-order valence-corrected chi connectivity index (χ4v) is 5.32. The molecule has 0 saturated carbocycles. The van der Waals surface area contributed by atoms with E-state index in [1.54, 1.807) is 12.1 Å². The summed E-state index contributed by atoms with van der Waals surface area (Å²) in [6.45, 7) is 9.11. The van der Waals surface area contributed by atoms with Crippen molar-refractivity contribution in [3.8, 4) is 0 Å². The molecule has 1 N–H and O–H groups in total. The second-order valence-electron chi connectivity index (χ2n) is 7.00. The van der Waals surface area contributed by atoms with Gasteiger partial charge in [0.2, 0.25) is 10.0 Å². The lowest BCUT2D eigenvalue weighted by molar-refractivity contribution is 0.0736. The summed E-state index contributed by atoms with van der Waals surface area (Å²) < 4.78 is 27.3. The van der Waals surface area contributed by atoms with Gasteiger partial charge in [0.15, 0.2) is 0 Å². The number of piperazine rings is 1. The smallest absolute Gasteiger partial charge is 0.256 e. The number of anilines is 1. The van der Waals surface area contributed by atoms with Crippen LogP contribution in [0, 0.1) is 0 Å². The zero-order valence-corrected chi connectivity index (χ0v) is 18.3. The van der Waals surface area contributed by atoms with Crippen molar-refractivity contribution >= 4 is 34.0 Å². The van der Waals surface area contributed by atoms with Gasteiger partial charge < -0.3 is 15.1 Å². The highest BCUT2D eigenvalue weighted by Gasteiger charge is 2.28.